The van der Waals surface area contributed by atoms with Crippen molar-refractivity contribution in [1.82, 2.24) is 4.98 Å². The van der Waals surface area contributed by atoms with Crippen molar-refractivity contribution in [3.8, 4) is 11.3 Å². The molecule has 1 aromatic heterocycles. The molecule has 0 N–H and O–H groups in total. The number of nitrogens with zero attached hydrogens (tertiary/aromatic N) is 1. The first-order chi connectivity index (χ1) is 9.18. The van der Waals surface area contributed by atoms with E-state index in [1.165, 1.54) is 33.0 Å². The van der Waals surface area contributed by atoms with Crippen LogP contribution in [-0.4, -0.2) is 4.98 Å². The van der Waals surface area contributed by atoms with Crippen molar-refractivity contribution in [2.24, 2.45) is 0 Å². The third kappa shape index (κ3) is 1.91. The highest BCUT2D eigenvalue weighted by molar-refractivity contribution is 5.96. The maximum Gasteiger partial charge on any atom is 0.0783 e. The second-order valence-corrected chi connectivity index (χ2v) is 5.08. The number of benzene rings is 2. The molecule has 0 unspecified atom stereocenters. The van der Waals surface area contributed by atoms with Gasteiger partial charge in [-0.2, -0.15) is 0 Å². The zero-order valence-electron chi connectivity index (χ0n) is 11.6. The topological polar surface area (TPSA) is 12.9 Å². The smallest absolute Gasteiger partial charge is 0.0783 e. The largest absolute Gasteiger partial charge is 0.255 e. The number of aryl methyl sites for hydroxylation is 2. The molecule has 0 aliphatic carbocycles. The predicted octanol–water partition coefficient (Wildman–Crippen LogP) is 4.83. The van der Waals surface area contributed by atoms with Gasteiger partial charge in [0.05, 0.1) is 5.69 Å². The van der Waals surface area contributed by atoms with Gasteiger partial charge in [-0.1, -0.05) is 42.5 Å². The molecule has 3 rings (SSSR count). The van der Waals surface area contributed by atoms with Crippen LogP contribution in [0.4, 0.5) is 0 Å². The number of hydrogen-bond donors (Lipinski definition) is 0. The van der Waals surface area contributed by atoms with Crippen LogP contribution in [0.5, 0.6) is 0 Å². The summed E-state index contributed by atoms with van der Waals surface area (Å²) in [7, 11) is 0. The summed E-state index contributed by atoms with van der Waals surface area (Å²) in [5, 5.41) is 2.52. The van der Waals surface area contributed by atoms with Gasteiger partial charge in [0.1, 0.15) is 0 Å². The Morgan fingerprint density at radius 3 is 2.26 bits per heavy atom. The zero-order chi connectivity index (χ0) is 13.4. The molecule has 3 aromatic rings. The SMILES string of the molecule is Cc1cccc(-c2ncc(C)c3ccccc23)c1C. The number of rotatable bonds is 1. The van der Waals surface area contributed by atoms with Crippen LogP contribution < -0.4 is 0 Å². The Bertz CT molecular complexity index is 757. The molecule has 0 fully saturated rings. The molecule has 0 aliphatic heterocycles. The molecule has 94 valence electrons. The van der Waals surface area contributed by atoms with Gasteiger partial charge in [0, 0.05) is 17.1 Å². The minimum absolute atomic E-state index is 1.09. The average molecular weight is 247 g/mol. The fraction of sp³-hybridized carbons (Fsp3) is 0.167. The average Bonchev–Trinajstić information content (AvgIpc) is 2.43. The van der Waals surface area contributed by atoms with Gasteiger partial charge in [-0.3, -0.25) is 4.98 Å². The predicted molar refractivity (Wildman–Crippen MR) is 81.4 cm³/mol. The quantitative estimate of drug-likeness (QED) is 0.600. The molecule has 19 heavy (non-hydrogen) atoms. The first kappa shape index (κ1) is 11.9. The lowest BCUT2D eigenvalue weighted by atomic mass is 9.96. The van der Waals surface area contributed by atoms with E-state index in [4.69, 9.17) is 0 Å². The fourth-order valence-corrected chi connectivity index (χ4v) is 2.56. The summed E-state index contributed by atoms with van der Waals surface area (Å²) in [5.41, 5.74) is 6.16. The summed E-state index contributed by atoms with van der Waals surface area (Å²) in [6, 6.07) is 14.9. The molecule has 0 saturated carbocycles. The summed E-state index contributed by atoms with van der Waals surface area (Å²) in [5.74, 6) is 0. The molecular formula is C18H17N. The lowest BCUT2D eigenvalue weighted by Gasteiger charge is -2.12. The minimum Gasteiger partial charge on any atom is -0.255 e. The summed E-state index contributed by atoms with van der Waals surface area (Å²) in [6.07, 6.45) is 1.97. The van der Waals surface area contributed by atoms with E-state index in [0.717, 1.165) is 5.69 Å². The third-order valence-corrected chi connectivity index (χ3v) is 3.85. The number of fused-ring (bicyclic) bond motifs is 1. The highest BCUT2D eigenvalue weighted by atomic mass is 14.7. The number of aromatic nitrogens is 1. The van der Waals surface area contributed by atoms with Gasteiger partial charge in [-0.15, -0.1) is 0 Å². The molecular weight excluding hydrogens is 230 g/mol. The Morgan fingerprint density at radius 1 is 0.737 bits per heavy atom. The molecule has 0 bridgehead atoms. The second-order valence-electron chi connectivity index (χ2n) is 5.08. The summed E-state index contributed by atoms with van der Waals surface area (Å²) >= 11 is 0. The van der Waals surface area contributed by atoms with Crippen molar-refractivity contribution in [1.29, 1.82) is 0 Å². The van der Waals surface area contributed by atoms with Crippen molar-refractivity contribution in [3.05, 3.63) is 65.4 Å². The van der Waals surface area contributed by atoms with Crippen molar-refractivity contribution < 1.29 is 0 Å². The van der Waals surface area contributed by atoms with Gasteiger partial charge in [0.25, 0.3) is 0 Å². The van der Waals surface area contributed by atoms with E-state index in [-0.39, 0.29) is 0 Å². The van der Waals surface area contributed by atoms with Crippen LogP contribution in [0.2, 0.25) is 0 Å². The van der Waals surface area contributed by atoms with E-state index in [0.29, 0.717) is 0 Å². The Hall–Kier alpha value is -2.15. The highest BCUT2D eigenvalue weighted by Crippen LogP contribution is 2.31. The highest BCUT2D eigenvalue weighted by Gasteiger charge is 2.10. The van der Waals surface area contributed by atoms with E-state index in [1.54, 1.807) is 0 Å². The molecule has 2 aromatic carbocycles. The second kappa shape index (κ2) is 4.51. The van der Waals surface area contributed by atoms with Gasteiger partial charge in [-0.25, -0.2) is 0 Å². The normalized spacial score (nSPS) is 10.9. The summed E-state index contributed by atoms with van der Waals surface area (Å²) in [4.78, 5) is 4.68. The van der Waals surface area contributed by atoms with E-state index in [2.05, 4.69) is 68.2 Å². The van der Waals surface area contributed by atoms with E-state index >= 15 is 0 Å². The van der Waals surface area contributed by atoms with Crippen LogP contribution in [0.25, 0.3) is 22.0 Å². The van der Waals surface area contributed by atoms with Crippen LogP contribution in [0, 0.1) is 20.8 Å². The Labute approximate surface area is 113 Å². The Kier molecular flexibility index (Phi) is 2.83. The number of hydrogen-bond acceptors (Lipinski definition) is 1. The minimum atomic E-state index is 1.09. The van der Waals surface area contributed by atoms with Gasteiger partial charge in [0.15, 0.2) is 0 Å². The van der Waals surface area contributed by atoms with Crippen molar-refractivity contribution in [2.45, 2.75) is 20.8 Å². The van der Waals surface area contributed by atoms with Crippen molar-refractivity contribution >= 4 is 10.8 Å². The lowest BCUT2D eigenvalue weighted by Crippen LogP contribution is -1.92. The maximum atomic E-state index is 4.68. The molecule has 0 aliphatic rings. The van der Waals surface area contributed by atoms with Crippen molar-refractivity contribution in [2.75, 3.05) is 0 Å². The maximum absolute atomic E-state index is 4.68. The zero-order valence-corrected chi connectivity index (χ0v) is 11.6. The first-order valence-corrected chi connectivity index (χ1v) is 6.59. The van der Waals surface area contributed by atoms with Crippen molar-refractivity contribution in [3.63, 3.8) is 0 Å². The van der Waals surface area contributed by atoms with Crippen LogP contribution in [0.3, 0.4) is 0 Å². The van der Waals surface area contributed by atoms with E-state index in [9.17, 15) is 0 Å². The lowest BCUT2D eigenvalue weighted by molar-refractivity contribution is 1.27. The van der Waals surface area contributed by atoms with Gasteiger partial charge in [-0.05, 0) is 42.8 Å². The van der Waals surface area contributed by atoms with E-state index < -0.39 is 0 Å². The molecule has 1 heteroatoms. The summed E-state index contributed by atoms with van der Waals surface area (Å²) in [6.45, 7) is 6.43. The molecule has 0 atom stereocenters. The summed E-state index contributed by atoms with van der Waals surface area (Å²) < 4.78 is 0. The van der Waals surface area contributed by atoms with E-state index in [1.807, 2.05) is 6.20 Å². The molecule has 1 heterocycles. The molecule has 0 radical (unpaired) electrons. The Morgan fingerprint density at radius 2 is 1.47 bits per heavy atom. The van der Waals surface area contributed by atoms with Crippen LogP contribution in [0.1, 0.15) is 16.7 Å². The van der Waals surface area contributed by atoms with Gasteiger partial charge < -0.3 is 0 Å². The molecule has 0 amide bonds. The third-order valence-electron chi connectivity index (χ3n) is 3.85. The number of pyridine rings is 1. The first-order valence-electron chi connectivity index (χ1n) is 6.59. The van der Waals surface area contributed by atoms with Gasteiger partial charge in [0.2, 0.25) is 0 Å². The van der Waals surface area contributed by atoms with Crippen LogP contribution in [0.15, 0.2) is 48.7 Å². The monoisotopic (exact) mass is 247 g/mol. The van der Waals surface area contributed by atoms with Crippen LogP contribution in [-0.2, 0) is 0 Å². The fourth-order valence-electron chi connectivity index (χ4n) is 2.56. The van der Waals surface area contributed by atoms with Gasteiger partial charge >= 0.3 is 0 Å². The van der Waals surface area contributed by atoms with Crippen LogP contribution >= 0.6 is 0 Å². The molecule has 0 spiro atoms. The molecule has 0 saturated heterocycles. The molecule has 1 nitrogen and oxygen atoms in total. The Balaban J connectivity index is 2.38. The standard InChI is InChI=1S/C18H17N/c1-12-7-6-10-16(14(12)3)18-17-9-5-4-8-15(17)13(2)11-19-18/h4-11H,1-3H3.